The Labute approximate surface area is 134 Å². The average Bonchev–Trinajstić information content (AvgIpc) is 2.61. The highest BCUT2D eigenvalue weighted by Gasteiger charge is 2.11. The first-order valence-corrected chi connectivity index (χ1v) is 7.39. The zero-order valence-corrected chi connectivity index (χ0v) is 12.6. The van der Waals surface area contributed by atoms with Gasteiger partial charge in [0, 0.05) is 6.54 Å². The fourth-order valence-corrected chi connectivity index (χ4v) is 2.18. The minimum atomic E-state index is -0.393. The van der Waals surface area contributed by atoms with E-state index >= 15 is 0 Å². The zero-order chi connectivity index (χ0) is 15.9. The van der Waals surface area contributed by atoms with Gasteiger partial charge in [-0.3, -0.25) is 4.84 Å². The van der Waals surface area contributed by atoms with Gasteiger partial charge in [0.25, 0.3) is 0 Å². The molecule has 1 aliphatic rings. The minimum absolute atomic E-state index is 0.318. The summed E-state index contributed by atoms with van der Waals surface area (Å²) < 4.78 is 11.0. The van der Waals surface area contributed by atoms with Gasteiger partial charge in [0.05, 0.1) is 6.61 Å². The van der Waals surface area contributed by atoms with Crippen LogP contribution in [0.5, 0.6) is 11.5 Å². The van der Waals surface area contributed by atoms with Gasteiger partial charge in [-0.05, 0) is 23.3 Å². The molecular formula is C17H18N2O4. The number of hydrogen-bond acceptors (Lipinski definition) is 4. The lowest BCUT2D eigenvalue weighted by molar-refractivity contribution is 0.0489. The van der Waals surface area contributed by atoms with Gasteiger partial charge in [-0.25, -0.2) is 10.3 Å². The number of hydrogen-bond donors (Lipinski definition) is 2. The Hall–Kier alpha value is -2.73. The summed E-state index contributed by atoms with van der Waals surface area (Å²) in [5, 5.41) is 2.72. The SMILES string of the molecule is O=C(NCc1ccc2c(c1)OCCO2)NOCc1ccccc1. The zero-order valence-electron chi connectivity index (χ0n) is 12.6. The summed E-state index contributed by atoms with van der Waals surface area (Å²) >= 11 is 0. The molecule has 1 heterocycles. The van der Waals surface area contributed by atoms with E-state index in [1.54, 1.807) is 0 Å². The van der Waals surface area contributed by atoms with E-state index in [0.717, 1.165) is 16.9 Å². The van der Waals surface area contributed by atoms with Gasteiger partial charge < -0.3 is 14.8 Å². The lowest BCUT2D eigenvalue weighted by atomic mass is 10.2. The molecular weight excluding hydrogens is 296 g/mol. The summed E-state index contributed by atoms with van der Waals surface area (Å²) in [5.41, 5.74) is 4.27. The Morgan fingerprint density at radius 3 is 2.61 bits per heavy atom. The molecule has 0 aromatic heterocycles. The number of hydroxylamine groups is 1. The maximum Gasteiger partial charge on any atom is 0.338 e. The second kappa shape index (κ2) is 7.51. The summed E-state index contributed by atoms with van der Waals surface area (Å²) in [6, 6.07) is 14.8. The Morgan fingerprint density at radius 1 is 1.00 bits per heavy atom. The summed E-state index contributed by atoms with van der Waals surface area (Å²) in [7, 11) is 0. The number of fused-ring (bicyclic) bond motifs is 1. The Morgan fingerprint density at radius 2 is 1.78 bits per heavy atom. The van der Waals surface area contributed by atoms with E-state index in [4.69, 9.17) is 14.3 Å². The highest BCUT2D eigenvalue weighted by atomic mass is 16.7. The molecule has 0 unspecified atom stereocenters. The van der Waals surface area contributed by atoms with Crippen molar-refractivity contribution in [1.82, 2.24) is 10.8 Å². The van der Waals surface area contributed by atoms with Crippen LogP contribution in [0.1, 0.15) is 11.1 Å². The van der Waals surface area contributed by atoms with E-state index in [9.17, 15) is 4.79 Å². The summed E-state index contributed by atoms with van der Waals surface area (Å²) in [5.74, 6) is 1.44. The van der Waals surface area contributed by atoms with Gasteiger partial charge in [0.2, 0.25) is 0 Å². The molecule has 6 heteroatoms. The number of carbonyl (C=O) groups is 1. The van der Waals surface area contributed by atoms with E-state index < -0.39 is 6.03 Å². The fourth-order valence-electron chi connectivity index (χ4n) is 2.18. The third-order valence-corrected chi connectivity index (χ3v) is 3.31. The predicted molar refractivity (Wildman–Crippen MR) is 84.0 cm³/mol. The van der Waals surface area contributed by atoms with E-state index in [1.165, 1.54) is 0 Å². The van der Waals surface area contributed by atoms with Gasteiger partial charge >= 0.3 is 6.03 Å². The van der Waals surface area contributed by atoms with Crippen LogP contribution in [-0.4, -0.2) is 19.2 Å². The molecule has 3 rings (SSSR count). The van der Waals surface area contributed by atoms with Gasteiger partial charge in [-0.1, -0.05) is 36.4 Å². The molecule has 120 valence electrons. The van der Waals surface area contributed by atoms with Crippen LogP contribution in [0.25, 0.3) is 0 Å². The van der Waals surface area contributed by atoms with Gasteiger partial charge in [-0.15, -0.1) is 0 Å². The smallest absolute Gasteiger partial charge is 0.338 e. The lowest BCUT2D eigenvalue weighted by Crippen LogP contribution is -2.34. The molecule has 0 saturated carbocycles. The molecule has 0 spiro atoms. The summed E-state index contributed by atoms with van der Waals surface area (Å²) in [6.07, 6.45) is 0. The van der Waals surface area contributed by atoms with Crippen molar-refractivity contribution >= 4 is 6.03 Å². The fraction of sp³-hybridized carbons (Fsp3) is 0.235. The van der Waals surface area contributed by atoms with E-state index in [0.29, 0.717) is 32.1 Å². The molecule has 2 N–H and O–H groups in total. The van der Waals surface area contributed by atoms with Gasteiger partial charge in [-0.2, -0.15) is 0 Å². The van der Waals surface area contributed by atoms with Crippen LogP contribution in [0, 0.1) is 0 Å². The molecule has 1 aliphatic heterocycles. The van der Waals surface area contributed by atoms with Crippen LogP contribution >= 0.6 is 0 Å². The highest BCUT2D eigenvalue weighted by Crippen LogP contribution is 2.30. The van der Waals surface area contributed by atoms with Crippen LogP contribution in [0.4, 0.5) is 4.79 Å². The van der Waals surface area contributed by atoms with Crippen molar-refractivity contribution in [2.75, 3.05) is 13.2 Å². The Bertz CT molecular complexity index is 661. The predicted octanol–water partition coefficient (Wildman–Crippen LogP) is 2.39. The van der Waals surface area contributed by atoms with Crippen molar-refractivity contribution in [3.63, 3.8) is 0 Å². The third kappa shape index (κ3) is 4.37. The first kappa shape index (κ1) is 15.2. The first-order chi connectivity index (χ1) is 11.3. The van der Waals surface area contributed by atoms with Crippen molar-refractivity contribution < 1.29 is 19.1 Å². The minimum Gasteiger partial charge on any atom is -0.486 e. The summed E-state index contributed by atoms with van der Waals surface area (Å²) in [6.45, 7) is 1.79. The molecule has 0 aliphatic carbocycles. The molecule has 6 nitrogen and oxygen atoms in total. The van der Waals surface area contributed by atoms with Crippen LogP contribution in [0.2, 0.25) is 0 Å². The highest BCUT2D eigenvalue weighted by molar-refractivity contribution is 5.72. The molecule has 2 aromatic rings. The molecule has 2 aromatic carbocycles. The van der Waals surface area contributed by atoms with Gasteiger partial charge in [0.1, 0.15) is 13.2 Å². The number of rotatable bonds is 5. The third-order valence-electron chi connectivity index (χ3n) is 3.31. The molecule has 2 amide bonds. The Kier molecular flexibility index (Phi) is 4.95. The second-order valence-electron chi connectivity index (χ2n) is 5.04. The van der Waals surface area contributed by atoms with Crippen molar-refractivity contribution in [2.24, 2.45) is 0 Å². The molecule has 0 atom stereocenters. The van der Waals surface area contributed by atoms with Crippen molar-refractivity contribution in [1.29, 1.82) is 0 Å². The maximum absolute atomic E-state index is 11.7. The quantitative estimate of drug-likeness (QED) is 0.832. The number of benzene rings is 2. The maximum atomic E-state index is 11.7. The van der Waals surface area contributed by atoms with Crippen LogP contribution in [0.3, 0.4) is 0 Å². The van der Waals surface area contributed by atoms with Crippen LogP contribution < -0.4 is 20.3 Å². The van der Waals surface area contributed by atoms with E-state index in [1.807, 2.05) is 48.5 Å². The van der Waals surface area contributed by atoms with E-state index in [-0.39, 0.29) is 0 Å². The monoisotopic (exact) mass is 314 g/mol. The number of ether oxygens (including phenoxy) is 2. The molecule has 23 heavy (non-hydrogen) atoms. The Balaban J connectivity index is 1.42. The topological polar surface area (TPSA) is 68.8 Å². The van der Waals surface area contributed by atoms with Gasteiger partial charge in [0.15, 0.2) is 11.5 Å². The number of carbonyl (C=O) groups excluding carboxylic acids is 1. The van der Waals surface area contributed by atoms with Crippen LogP contribution in [-0.2, 0) is 18.0 Å². The standard InChI is InChI=1S/C17H18N2O4/c20-17(19-23-12-13-4-2-1-3-5-13)18-11-14-6-7-15-16(10-14)22-9-8-21-15/h1-7,10H,8-9,11-12H2,(H2,18,19,20). The summed E-state index contributed by atoms with van der Waals surface area (Å²) in [4.78, 5) is 16.8. The van der Waals surface area contributed by atoms with Crippen molar-refractivity contribution in [3.8, 4) is 11.5 Å². The van der Waals surface area contributed by atoms with Crippen molar-refractivity contribution in [3.05, 3.63) is 59.7 Å². The lowest BCUT2D eigenvalue weighted by Gasteiger charge is -2.19. The second-order valence-corrected chi connectivity index (χ2v) is 5.04. The molecule has 0 saturated heterocycles. The van der Waals surface area contributed by atoms with E-state index in [2.05, 4.69) is 10.8 Å². The van der Waals surface area contributed by atoms with Crippen LogP contribution in [0.15, 0.2) is 48.5 Å². The molecule has 0 fully saturated rings. The largest absolute Gasteiger partial charge is 0.486 e. The molecule has 0 radical (unpaired) electrons. The average molecular weight is 314 g/mol. The van der Waals surface area contributed by atoms with Crippen molar-refractivity contribution in [2.45, 2.75) is 13.2 Å². The molecule has 0 bridgehead atoms. The number of urea groups is 1. The normalized spacial score (nSPS) is 12.5. The number of nitrogens with one attached hydrogen (secondary N) is 2. The number of amides is 2. The first-order valence-electron chi connectivity index (χ1n) is 7.39.